The normalized spacial score (nSPS) is 11.1. The molecule has 24 heavy (non-hydrogen) atoms. The average Bonchev–Trinajstić information content (AvgIpc) is 2.52. The van der Waals surface area contributed by atoms with Crippen molar-refractivity contribution in [1.29, 1.82) is 0 Å². The molecule has 0 aromatic heterocycles. The molecule has 0 bridgehead atoms. The summed E-state index contributed by atoms with van der Waals surface area (Å²) >= 11 is 0. The maximum absolute atomic E-state index is 13.8. The van der Waals surface area contributed by atoms with Crippen LogP contribution in [-0.2, 0) is 0 Å². The minimum atomic E-state index is -3.06. The van der Waals surface area contributed by atoms with Gasteiger partial charge in [-0.05, 0) is 0 Å². The molecule has 2 rings (SSSR count). The van der Waals surface area contributed by atoms with E-state index < -0.39 is 76.1 Å². The van der Waals surface area contributed by atoms with Crippen molar-refractivity contribution in [2.45, 2.75) is 0 Å². The molecule has 0 saturated carbocycles. The molecule has 0 fully saturated rings. The van der Waals surface area contributed by atoms with Gasteiger partial charge < -0.3 is 10.0 Å². The molecule has 0 radical (unpaired) electrons. The average molecular weight is 360 g/mol. The zero-order chi connectivity index (χ0) is 18.5. The maximum Gasteiger partial charge on any atom is 0.494 e. The second kappa shape index (κ2) is 6.02. The largest absolute Gasteiger partial charge is 0.494 e. The van der Waals surface area contributed by atoms with Crippen molar-refractivity contribution in [3.63, 3.8) is 0 Å². The van der Waals surface area contributed by atoms with Crippen molar-refractivity contribution in [2.24, 2.45) is 0 Å². The van der Waals surface area contributed by atoms with Gasteiger partial charge in [-0.1, -0.05) is 0 Å². The van der Waals surface area contributed by atoms with Crippen LogP contribution >= 0.6 is 0 Å². The fourth-order valence-electron chi connectivity index (χ4n) is 1.92. The van der Waals surface area contributed by atoms with Gasteiger partial charge in [0.05, 0.1) is 16.6 Å². The van der Waals surface area contributed by atoms with Crippen LogP contribution in [0.3, 0.4) is 0 Å². The van der Waals surface area contributed by atoms with Crippen LogP contribution in [0.15, 0.2) is 0 Å². The highest BCUT2D eigenvalue weighted by Gasteiger charge is 2.36. The highest BCUT2D eigenvalue weighted by atomic mass is 19.2. The molecule has 0 heterocycles. The first kappa shape index (κ1) is 18.1. The van der Waals surface area contributed by atoms with E-state index in [1.807, 2.05) is 0 Å². The van der Waals surface area contributed by atoms with Gasteiger partial charge in [0.2, 0.25) is 5.82 Å². The van der Waals surface area contributed by atoms with E-state index in [4.69, 9.17) is 10.0 Å². The second-order valence-electron chi connectivity index (χ2n) is 4.36. The third kappa shape index (κ3) is 2.42. The summed E-state index contributed by atoms with van der Waals surface area (Å²) in [7, 11) is -3.06. The molecule has 0 aliphatic heterocycles. The quantitative estimate of drug-likeness (QED) is 0.374. The Bertz CT molecular complexity index is 795. The van der Waals surface area contributed by atoms with Crippen LogP contribution in [0.2, 0.25) is 0 Å². The molecule has 0 aliphatic rings. The van der Waals surface area contributed by atoms with Crippen LogP contribution in [0.1, 0.15) is 0 Å². The minimum Gasteiger partial charge on any atom is -0.423 e. The van der Waals surface area contributed by atoms with Crippen LogP contribution in [0, 0.1) is 52.4 Å². The molecule has 0 unspecified atom stereocenters. The topological polar surface area (TPSA) is 40.5 Å². The van der Waals surface area contributed by atoms with Gasteiger partial charge in [0.15, 0.2) is 46.5 Å². The number of benzene rings is 2. The number of hydrogen-bond donors (Lipinski definition) is 2. The Balaban J connectivity index is 3.01. The molecule has 2 nitrogen and oxygen atoms in total. The standard InChI is InChI=1S/C12H2BF9O2/c14-4-1(5(15)9(19)3(8(4)18)13(23)24)2-6(16)10(20)12(22)11(21)7(2)17/h23-24H. The van der Waals surface area contributed by atoms with E-state index in [9.17, 15) is 39.5 Å². The molecular weight excluding hydrogens is 358 g/mol. The monoisotopic (exact) mass is 360 g/mol. The summed E-state index contributed by atoms with van der Waals surface area (Å²) in [6, 6.07) is 0. The molecule has 0 saturated heterocycles. The van der Waals surface area contributed by atoms with E-state index in [-0.39, 0.29) is 0 Å². The van der Waals surface area contributed by atoms with E-state index in [0.717, 1.165) is 0 Å². The van der Waals surface area contributed by atoms with E-state index >= 15 is 0 Å². The predicted octanol–water partition coefficient (Wildman–Crippen LogP) is 2.29. The van der Waals surface area contributed by atoms with E-state index in [0.29, 0.717) is 0 Å². The van der Waals surface area contributed by atoms with Gasteiger partial charge in [0.1, 0.15) is 0 Å². The van der Waals surface area contributed by atoms with Crippen molar-refractivity contribution < 1.29 is 49.6 Å². The van der Waals surface area contributed by atoms with Gasteiger partial charge in [0.25, 0.3) is 0 Å². The summed E-state index contributed by atoms with van der Waals surface area (Å²) in [5.74, 6) is -23.5. The lowest BCUT2D eigenvalue weighted by Gasteiger charge is -2.14. The minimum absolute atomic E-state index is 1.95. The predicted molar refractivity (Wildman–Crippen MR) is 61.3 cm³/mol. The summed E-state index contributed by atoms with van der Waals surface area (Å²) in [4.78, 5) is 0. The first-order chi connectivity index (χ1) is 11.0. The van der Waals surface area contributed by atoms with Crippen LogP contribution in [-0.4, -0.2) is 17.2 Å². The highest BCUT2D eigenvalue weighted by Crippen LogP contribution is 2.36. The van der Waals surface area contributed by atoms with Crippen molar-refractivity contribution in [3.8, 4) is 11.1 Å². The fourth-order valence-corrected chi connectivity index (χ4v) is 1.92. The fraction of sp³-hybridized carbons (Fsp3) is 0. The van der Waals surface area contributed by atoms with Crippen LogP contribution in [0.25, 0.3) is 11.1 Å². The molecule has 0 atom stereocenters. The maximum atomic E-state index is 13.8. The Morgan fingerprint density at radius 2 is 0.667 bits per heavy atom. The zero-order valence-corrected chi connectivity index (χ0v) is 10.9. The number of hydrogen-bond acceptors (Lipinski definition) is 2. The molecule has 0 aliphatic carbocycles. The lowest BCUT2D eigenvalue weighted by atomic mass is 9.78. The Labute approximate surface area is 126 Å². The second-order valence-corrected chi connectivity index (χ2v) is 4.36. The van der Waals surface area contributed by atoms with Crippen LogP contribution in [0.4, 0.5) is 39.5 Å². The number of rotatable bonds is 2. The molecule has 0 spiro atoms. The molecule has 2 N–H and O–H groups in total. The van der Waals surface area contributed by atoms with E-state index in [1.165, 1.54) is 0 Å². The lowest BCUT2D eigenvalue weighted by molar-refractivity contribution is 0.379. The summed E-state index contributed by atoms with van der Waals surface area (Å²) < 4.78 is 121. The molecule has 2 aromatic carbocycles. The van der Waals surface area contributed by atoms with Gasteiger partial charge in [-0.25, -0.2) is 39.5 Å². The van der Waals surface area contributed by atoms with Gasteiger partial charge in [-0.15, -0.1) is 0 Å². The molecular formula is C12H2BF9O2. The van der Waals surface area contributed by atoms with Crippen molar-refractivity contribution in [3.05, 3.63) is 52.4 Å². The van der Waals surface area contributed by atoms with Gasteiger partial charge in [0, 0.05) is 0 Å². The Morgan fingerprint density at radius 1 is 0.417 bits per heavy atom. The van der Waals surface area contributed by atoms with E-state index in [2.05, 4.69) is 0 Å². The van der Waals surface area contributed by atoms with E-state index in [1.54, 1.807) is 0 Å². The van der Waals surface area contributed by atoms with Gasteiger partial charge >= 0.3 is 7.12 Å². The smallest absolute Gasteiger partial charge is 0.423 e. The first-order valence-corrected chi connectivity index (χ1v) is 5.76. The third-order valence-electron chi connectivity index (χ3n) is 3.02. The zero-order valence-electron chi connectivity index (χ0n) is 10.9. The first-order valence-electron chi connectivity index (χ1n) is 5.76. The van der Waals surface area contributed by atoms with Gasteiger partial charge in [-0.2, -0.15) is 0 Å². The Kier molecular flexibility index (Phi) is 4.55. The van der Waals surface area contributed by atoms with Crippen molar-refractivity contribution in [2.75, 3.05) is 0 Å². The molecule has 0 amide bonds. The summed E-state index contributed by atoms with van der Waals surface area (Å²) in [5, 5.41) is 17.3. The van der Waals surface area contributed by atoms with Crippen LogP contribution in [0.5, 0.6) is 0 Å². The summed E-state index contributed by atoms with van der Waals surface area (Å²) in [6.45, 7) is 0. The Hall–Kier alpha value is -2.21. The van der Waals surface area contributed by atoms with Crippen molar-refractivity contribution >= 4 is 12.6 Å². The summed E-state index contributed by atoms with van der Waals surface area (Å²) in [6.07, 6.45) is 0. The Morgan fingerprint density at radius 3 is 0.958 bits per heavy atom. The highest BCUT2D eigenvalue weighted by molar-refractivity contribution is 6.58. The van der Waals surface area contributed by atoms with Crippen molar-refractivity contribution in [1.82, 2.24) is 0 Å². The molecule has 2 aromatic rings. The van der Waals surface area contributed by atoms with Crippen LogP contribution < -0.4 is 5.46 Å². The van der Waals surface area contributed by atoms with Gasteiger partial charge in [-0.3, -0.25) is 0 Å². The lowest BCUT2D eigenvalue weighted by Crippen LogP contribution is -2.38. The summed E-state index contributed by atoms with van der Waals surface area (Å²) in [5.41, 5.74) is -6.43. The number of halogens is 9. The molecule has 128 valence electrons. The molecule has 12 heteroatoms. The SMILES string of the molecule is OB(O)c1c(F)c(F)c(-c2c(F)c(F)c(F)c(F)c2F)c(F)c1F. The third-order valence-corrected chi connectivity index (χ3v) is 3.02.